The summed E-state index contributed by atoms with van der Waals surface area (Å²) in [5.41, 5.74) is 0.148. The zero-order chi connectivity index (χ0) is 11.9. The molecule has 0 N–H and O–H groups in total. The van der Waals surface area contributed by atoms with Crippen LogP contribution in [0.2, 0.25) is 0 Å². The molecule has 0 aromatic heterocycles. The van der Waals surface area contributed by atoms with Crippen molar-refractivity contribution in [1.29, 1.82) is 0 Å². The average Bonchev–Trinajstić information content (AvgIpc) is 2.07. The lowest BCUT2D eigenvalue weighted by Gasteiger charge is -2.39. The predicted octanol–water partition coefficient (Wildman–Crippen LogP) is 4.08. The van der Waals surface area contributed by atoms with Crippen LogP contribution in [0.3, 0.4) is 0 Å². The third-order valence-corrected chi connectivity index (χ3v) is 3.87. The number of hydrogen-bond acceptors (Lipinski definition) is 1. The molecule has 0 bridgehead atoms. The summed E-state index contributed by atoms with van der Waals surface area (Å²) < 4.78 is -1.44. The van der Waals surface area contributed by atoms with Crippen molar-refractivity contribution >= 4 is 40.6 Å². The predicted molar refractivity (Wildman–Crippen MR) is 65.5 cm³/mol. The second-order valence-electron chi connectivity index (χ2n) is 4.19. The Morgan fingerprint density at radius 1 is 1.33 bits per heavy atom. The normalized spacial score (nSPS) is 27.1. The summed E-state index contributed by atoms with van der Waals surface area (Å²) in [4.78, 5) is 11.3. The van der Waals surface area contributed by atoms with E-state index in [9.17, 15) is 4.79 Å². The van der Waals surface area contributed by atoms with Crippen LogP contribution >= 0.6 is 34.8 Å². The van der Waals surface area contributed by atoms with E-state index in [1.807, 2.05) is 20.8 Å². The largest absolute Gasteiger partial charge is 0.290 e. The van der Waals surface area contributed by atoms with Crippen LogP contribution in [-0.2, 0) is 4.79 Å². The van der Waals surface area contributed by atoms with Crippen molar-refractivity contribution in [2.24, 2.45) is 11.3 Å². The van der Waals surface area contributed by atoms with Crippen LogP contribution in [0, 0.1) is 11.3 Å². The molecule has 0 saturated carbocycles. The molecule has 1 aliphatic rings. The third-order valence-electron chi connectivity index (χ3n) is 2.69. The Morgan fingerprint density at radius 2 is 1.87 bits per heavy atom. The molecule has 1 atom stereocenters. The molecule has 0 aromatic carbocycles. The van der Waals surface area contributed by atoms with Gasteiger partial charge in [-0.2, -0.15) is 0 Å². The van der Waals surface area contributed by atoms with Gasteiger partial charge in [0, 0.05) is 0 Å². The molecule has 1 nitrogen and oxygen atoms in total. The van der Waals surface area contributed by atoms with E-state index >= 15 is 0 Å². The van der Waals surface area contributed by atoms with Crippen LogP contribution in [-0.4, -0.2) is 9.58 Å². The SMILES string of the molecule is CC(C)C1=CC(=O)C=CC1(C)C(Cl)(Cl)Cl. The highest BCUT2D eigenvalue weighted by Gasteiger charge is 2.47. The van der Waals surface area contributed by atoms with Crippen molar-refractivity contribution < 1.29 is 4.79 Å². The van der Waals surface area contributed by atoms with Crippen molar-refractivity contribution in [3.8, 4) is 0 Å². The first-order chi connectivity index (χ1) is 6.68. The maximum absolute atomic E-state index is 11.3. The fourth-order valence-electron chi connectivity index (χ4n) is 1.72. The van der Waals surface area contributed by atoms with Gasteiger partial charge in [-0.05, 0) is 30.6 Å². The van der Waals surface area contributed by atoms with Gasteiger partial charge in [-0.1, -0.05) is 54.7 Å². The van der Waals surface area contributed by atoms with Gasteiger partial charge in [0.25, 0.3) is 0 Å². The smallest absolute Gasteiger partial charge is 0.202 e. The monoisotopic (exact) mass is 266 g/mol. The van der Waals surface area contributed by atoms with Gasteiger partial charge in [0.2, 0.25) is 3.79 Å². The van der Waals surface area contributed by atoms with Gasteiger partial charge in [-0.3, -0.25) is 4.79 Å². The van der Waals surface area contributed by atoms with Crippen LogP contribution in [0.4, 0.5) is 0 Å². The fourth-order valence-corrected chi connectivity index (χ4v) is 2.24. The van der Waals surface area contributed by atoms with Crippen LogP contribution in [0.25, 0.3) is 0 Å². The Bertz CT molecular complexity index is 336. The molecule has 0 spiro atoms. The number of ketones is 1. The van der Waals surface area contributed by atoms with Gasteiger partial charge in [-0.15, -0.1) is 0 Å². The molecule has 0 saturated heterocycles. The minimum Gasteiger partial charge on any atom is -0.290 e. The summed E-state index contributed by atoms with van der Waals surface area (Å²) in [5.74, 6) is 0.116. The summed E-state index contributed by atoms with van der Waals surface area (Å²) in [6.07, 6.45) is 4.69. The number of hydrogen-bond donors (Lipinski definition) is 0. The minimum atomic E-state index is -1.44. The molecule has 15 heavy (non-hydrogen) atoms. The van der Waals surface area contributed by atoms with E-state index in [0.717, 1.165) is 5.57 Å². The molecule has 1 unspecified atom stereocenters. The molecule has 0 amide bonds. The molecular weight excluding hydrogens is 254 g/mol. The van der Waals surface area contributed by atoms with Crippen LogP contribution < -0.4 is 0 Å². The lowest BCUT2D eigenvalue weighted by atomic mass is 9.74. The molecule has 0 aromatic rings. The Balaban J connectivity index is 3.24. The molecule has 0 aliphatic heterocycles. The van der Waals surface area contributed by atoms with E-state index in [-0.39, 0.29) is 11.7 Å². The second kappa shape index (κ2) is 4.12. The number of halogens is 3. The maximum Gasteiger partial charge on any atom is 0.202 e. The van der Waals surface area contributed by atoms with Crippen LogP contribution in [0.1, 0.15) is 20.8 Å². The quantitative estimate of drug-likeness (QED) is 0.654. The van der Waals surface area contributed by atoms with Gasteiger partial charge in [0.15, 0.2) is 5.78 Å². The van der Waals surface area contributed by atoms with Crippen molar-refractivity contribution in [3.05, 3.63) is 23.8 Å². The summed E-state index contributed by atoms with van der Waals surface area (Å²) >= 11 is 17.9. The van der Waals surface area contributed by atoms with Gasteiger partial charge in [-0.25, -0.2) is 0 Å². The summed E-state index contributed by atoms with van der Waals surface area (Å²) in [6.45, 7) is 5.79. The highest BCUT2D eigenvalue weighted by Crippen LogP contribution is 2.53. The van der Waals surface area contributed by atoms with Gasteiger partial charge in [0.05, 0.1) is 5.41 Å². The van der Waals surface area contributed by atoms with Gasteiger partial charge >= 0.3 is 0 Å². The molecule has 84 valence electrons. The number of alkyl halides is 3. The Morgan fingerprint density at radius 3 is 2.27 bits per heavy atom. The van der Waals surface area contributed by atoms with E-state index in [2.05, 4.69) is 0 Å². The first-order valence-corrected chi connectivity index (χ1v) is 5.84. The fraction of sp³-hybridized carbons (Fsp3) is 0.545. The van der Waals surface area contributed by atoms with Crippen LogP contribution in [0.15, 0.2) is 23.8 Å². The average molecular weight is 268 g/mol. The topological polar surface area (TPSA) is 17.1 Å². The van der Waals surface area contributed by atoms with Crippen molar-refractivity contribution in [1.82, 2.24) is 0 Å². The zero-order valence-electron chi connectivity index (χ0n) is 8.85. The van der Waals surface area contributed by atoms with E-state index in [0.29, 0.717) is 0 Å². The van der Waals surface area contributed by atoms with Crippen molar-refractivity contribution in [2.45, 2.75) is 24.6 Å². The first kappa shape index (κ1) is 13.1. The van der Waals surface area contributed by atoms with E-state index in [1.165, 1.54) is 6.08 Å². The number of allylic oxidation sites excluding steroid dienone is 4. The van der Waals surface area contributed by atoms with Crippen LogP contribution in [0.5, 0.6) is 0 Å². The number of carbonyl (C=O) groups is 1. The van der Waals surface area contributed by atoms with Crippen molar-refractivity contribution in [3.63, 3.8) is 0 Å². The van der Waals surface area contributed by atoms with Gasteiger partial charge < -0.3 is 0 Å². The molecule has 0 heterocycles. The number of carbonyl (C=O) groups excluding carboxylic acids is 1. The molecular formula is C11H13Cl3O. The summed E-state index contributed by atoms with van der Waals surface area (Å²) in [5, 5.41) is 0. The Kier molecular flexibility index (Phi) is 3.59. The lowest BCUT2D eigenvalue weighted by molar-refractivity contribution is -0.110. The highest BCUT2D eigenvalue weighted by molar-refractivity contribution is 6.68. The zero-order valence-corrected chi connectivity index (χ0v) is 11.1. The third kappa shape index (κ3) is 2.41. The molecule has 0 fully saturated rings. The van der Waals surface area contributed by atoms with E-state index < -0.39 is 9.21 Å². The molecule has 1 aliphatic carbocycles. The first-order valence-electron chi connectivity index (χ1n) is 4.70. The molecule has 4 heteroatoms. The Labute approximate surface area is 105 Å². The van der Waals surface area contributed by atoms with Crippen molar-refractivity contribution in [2.75, 3.05) is 0 Å². The molecule has 1 rings (SSSR count). The maximum atomic E-state index is 11.3. The van der Waals surface area contributed by atoms with E-state index in [4.69, 9.17) is 34.8 Å². The molecule has 0 radical (unpaired) electrons. The highest BCUT2D eigenvalue weighted by atomic mass is 35.6. The van der Waals surface area contributed by atoms with E-state index in [1.54, 1.807) is 12.2 Å². The standard InChI is InChI=1S/C11H13Cl3O/c1-7(2)9-6-8(15)4-5-10(9,3)11(12,13)14/h4-7H,1-3H3. The summed E-state index contributed by atoms with van der Waals surface area (Å²) in [6, 6.07) is 0. The minimum absolute atomic E-state index is 0.0505. The summed E-state index contributed by atoms with van der Waals surface area (Å²) in [7, 11) is 0. The lowest BCUT2D eigenvalue weighted by Crippen LogP contribution is -2.36. The Hall–Kier alpha value is 0.0200. The van der Waals surface area contributed by atoms with Gasteiger partial charge in [0.1, 0.15) is 0 Å². The second-order valence-corrected chi connectivity index (χ2v) is 6.47. The number of rotatable bonds is 1.